The molecular weight excluding hydrogens is 391 g/mol. The number of amides is 3. The summed E-state index contributed by atoms with van der Waals surface area (Å²) in [7, 11) is 1.51. The van der Waals surface area contributed by atoms with Crippen LogP contribution in [-0.4, -0.2) is 25.7 Å². The number of carbonyl (C=O) groups is 2. The van der Waals surface area contributed by atoms with Crippen molar-refractivity contribution in [2.45, 2.75) is 6.92 Å². The second-order valence-corrected chi connectivity index (χ2v) is 6.41. The van der Waals surface area contributed by atoms with Gasteiger partial charge in [0.15, 0.2) is 11.5 Å². The molecule has 0 saturated carbocycles. The lowest BCUT2D eigenvalue weighted by molar-refractivity contribution is -0.113. The standard InChI is InChI=1S/C19H16Cl2N2O4/c1-3-27-17-9-11(14(21)10-16(17)26-2)8-15-18(24)23(19(25)22-15)13-6-4-12(20)5-7-13/h4-10H,3H2,1-2H3,(H,22,25)/b15-8+. The van der Waals surface area contributed by atoms with E-state index in [9.17, 15) is 9.59 Å². The zero-order valence-electron chi connectivity index (χ0n) is 14.6. The average Bonchev–Trinajstić information content (AvgIpc) is 2.92. The van der Waals surface area contributed by atoms with E-state index in [-0.39, 0.29) is 5.70 Å². The summed E-state index contributed by atoms with van der Waals surface area (Å²) >= 11 is 12.1. The maximum Gasteiger partial charge on any atom is 0.333 e. The van der Waals surface area contributed by atoms with Crippen LogP contribution in [0.25, 0.3) is 6.08 Å². The highest BCUT2D eigenvalue weighted by atomic mass is 35.5. The molecule has 8 heteroatoms. The Morgan fingerprint density at radius 1 is 1.11 bits per heavy atom. The van der Waals surface area contributed by atoms with Crippen LogP contribution in [0.15, 0.2) is 42.1 Å². The number of nitrogens with zero attached hydrogens (tertiary/aromatic N) is 1. The smallest absolute Gasteiger partial charge is 0.333 e. The third-order valence-electron chi connectivity index (χ3n) is 3.85. The van der Waals surface area contributed by atoms with Gasteiger partial charge < -0.3 is 14.8 Å². The molecule has 3 rings (SSSR count). The summed E-state index contributed by atoms with van der Waals surface area (Å²) in [6, 6.07) is 9.09. The minimum absolute atomic E-state index is 0.101. The van der Waals surface area contributed by atoms with Crippen molar-refractivity contribution in [3.8, 4) is 11.5 Å². The van der Waals surface area contributed by atoms with Crippen LogP contribution in [0.5, 0.6) is 11.5 Å². The number of imide groups is 1. The van der Waals surface area contributed by atoms with Gasteiger partial charge in [0, 0.05) is 11.1 Å². The molecule has 1 heterocycles. The quantitative estimate of drug-likeness (QED) is 0.586. The molecule has 0 aliphatic carbocycles. The van der Waals surface area contributed by atoms with Gasteiger partial charge in [-0.15, -0.1) is 0 Å². The van der Waals surface area contributed by atoms with Crippen molar-refractivity contribution in [3.05, 3.63) is 57.7 Å². The summed E-state index contributed by atoms with van der Waals surface area (Å²) in [5.74, 6) is 0.475. The zero-order chi connectivity index (χ0) is 19.6. The minimum atomic E-state index is -0.553. The first kappa shape index (κ1) is 19.1. The number of nitrogens with one attached hydrogen (secondary N) is 1. The van der Waals surface area contributed by atoms with Gasteiger partial charge in [0.05, 0.1) is 24.4 Å². The molecule has 0 unspecified atom stereocenters. The van der Waals surface area contributed by atoms with Gasteiger partial charge in [0.1, 0.15) is 5.70 Å². The Labute approximate surface area is 166 Å². The summed E-state index contributed by atoms with van der Waals surface area (Å²) < 4.78 is 10.8. The van der Waals surface area contributed by atoms with E-state index in [0.29, 0.717) is 39.4 Å². The first-order valence-corrected chi connectivity index (χ1v) is 8.83. The van der Waals surface area contributed by atoms with Crippen LogP contribution >= 0.6 is 23.2 Å². The molecule has 1 aliphatic rings. The molecule has 0 radical (unpaired) electrons. The highest BCUT2D eigenvalue weighted by Gasteiger charge is 2.35. The number of carbonyl (C=O) groups excluding carboxylic acids is 2. The van der Waals surface area contributed by atoms with Crippen LogP contribution in [0.1, 0.15) is 12.5 Å². The first-order chi connectivity index (χ1) is 12.9. The van der Waals surface area contributed by atoms with Gasteiger partial charge in [-0.2, -0.15) is 0 Å². The van der Waals surface area contributed by atoms with Crippen LogP contribution < -0.4 is 19.7 Å². The molecular formula is C19H16Cl2N2O4. The third-order valence-corrected chi connectivity index (χ3v) is 4.42. The van der Waals surface area contributed by atoms with Crippen molar-refractivity contribution in [2.24, 2.45) is 0 Å². The lowest BCUT2D eigenvalue weighted by atomic mass is 10.1. The number of hydrogen-bond donors (Lipinski definition) is 1. The number of ether oxygens (including phenoxy) is 2. The van der Waals surface area contributed by atoms with E-state index in [0.717, 1.165) is 4.90 Å². The molecule has 1 aliphatic heterocycles. The Morgan fingerprint density at radius 2 is 1.81 bits per heavy atom. The van der Waals surface area contributed by atoms with Crippen LogP contribution in [0.3, 0.4) is 0 Å². The van der Waals surface area contributed by atoms with Crippen LogP contribution in [-0.2, 0) is 4.79 Å². The number of rotatable bonds is 5. The number of urea groups is 1. The topological polar surface area (TPSA) is 67.9 Å². The fraction of sp³-hybridized carbons (Fsp3) is 0.158. The molecule has 0 atom stereocenters. The molecule has 1 saturated heterocycles. The zero-order valence-corrected chi connectivity index (χ0v) is 16.1. The van der Waals surface area contributed by atoms with E-state index in [1.807, 2.05) is 6.92 Å². The Morgan fingerprint density at radius 3 is 2.44 bits per heavy atom. The van der Waals surface area contributed by atoms with Gasteiger partial charge in [-0.1, -0.05) is 23.2 Å². The van der Waals surface area contributed by atoms with Crippen LogP contribution in [0, 0.1) is 0 Å². The van der Waals surface area contributed by atoms with E-state index in [1.165, 1.54) is 13.2 Å². The molecule has 27 heavy (non-hydrogen) atoms. The van der Waals surface area contributed by atoms with E-state index in [1.54, 1.807) is 36.4 Å². The molecule has 1 fully saturated rings. The van der Waals surface area contributed by atoms with Gasteiger partial charge >= 0.3 is 6.03 Å². The Balaban J connectivity index is 1.96. The lowest BCUT2D eigenvalue weighted by Crippen LogP contribution is -2.30. The highest BCUT2D eigenvalue weighted by molar-refractivity contribution is 6.33. The molecule has 2 aromatic carbocycles. The number of methoxy groups -OCH3 is 1. The number of halogens is 2. The fourth-order valence-electron chi connectivity index (χ4n) is 2.60. The largest absolute Gasteiger partial charge is 0.493 e. The minimum Gasteiger partial charge on any atom is -0.493 e. The maximum absolute atomic E-state index is 12.7. The van der Waals surface area contributed by atoms with Crippen molar-refractivity contribution in [1.29, 1.82) is 0 Å². The lowest BCUT2D eigenvalue weighted by Gasteiger charge is -2.12. The van der Waals surface area contributed by atoms with Crippen molar-refractivity contribution >= 4 is 46.9 Å². The SMILES string of the molecule is CCOc1cc(/C=C2/NC(=O)N(c3ccc(Cl)cc3)C2=O)c(Cl)cc1OC. The molecule has 0 spiro atoms. The summed E-state index contributed by atoms with van der Waals surface area (Å²) in [6.07, 6.45) is 1.50. The van der Waals surface area contributed by atoms with E-state index >= 15 is 0 Å². The first-order valence-electron chi connectivity index (χ1n) is 8.07. The van der Waals surface area contributed by atoms with Crippen molar-refractivity contribution in [1.82, 2.24) is 5.32 Å². The second-order valence-electron chi connectivity index (χ2n) is 5.56. The Bertz CT molecular complexity index is 926. The van der Waals surface area contributed by atoms with Crippen molar-refractivity contribution < 1.29 is 19.1 Å². The van der Waals surface area contributed by atoms with Gasteiger partial charge in [-0.05, 0) is 48.9 Å². The summed E-state index contributed by atoms with van der Waals surface area (Å²) in [5.41, 5.74) is 1.04. The molecule has 3 amide bonds. The predicted octanol–water partition coefficient (Wildman–Crippen LogP) is 4.50. The van der Waals surface area contributed by atoms with Gasteiger partial charge in [0.25, 0.3) is 5.91 Å². The van der Waals surface area contributed by atoms with Crippen LogP contribution in [0.2, 0.25) is 10.0 Å². The van der Waals surface area contributed by atoms with Crippen LogP contribution in [0.4, 0.5) is 10.5 Å². The normalized spacial score (nSPS) is 15.3. The number of anilines is 1. The number of benzene rings is 2. The molecule has 0 aromatic heterocycles. The van der Waals surface area contributed by atoms with E-state index in [4.69, 9.17) is 32.7 Å². The monoisotopic (exact) mass is 406 g/mol. The Kier molecular flexibility index (Phi) is 5.58. The summed E-state index contributed by atoms with van der Waals surface area (Å²) in [5, 5.41) is 3.42. The molecule has 6 nitrogen and oxygen atoms in total. The van der Waals surface area contributed by atoms with Gasteiger partial charge in [0.2, 0.25) is 0 Å². The van der Waals surface area contributed by atoms with E-state index in [2.05, 4.69) is 5.32 Å². The molecule has 1 N–H and O–H groups in total. The molecule has 140 valence electrons. The average molecular weight is 407 g/mol. The summed E-state index contributed by atoms with van der Waals surface area (Å²) in [6.45, 7) is 2.28. The fourth-order valence-corrected chi connectivity index (χ4v) is 2.94. The maximum atomic E-state index is 12.7. The highest BCUT2D eigenvalue weighted by Crippen LogP contribution is 2.35. The summed E-state index contributed by atoms with van der Waals surface area (Å²) in [4.78, 5) is 26.0. The van der Waals surface area contributed by atoms with Crippen molar-refractivity contribution in [2.75, 3.05) is 18.6 Å². The predicted molar refractivity (Wildman–Crippen MR) is 105 cm³/mol. The molecule has 2 aromatic rings. The number of hydrogen-bond acceptors (Lipinski definition) is 4. The van der Waals surface area contributed by atoms with Gasteiger partial charge in [-0.25, -0.2) is 9.69 Å². The Hall–Kier alpha value is -2.70. The van der Waals surface area contributed by atoms with Crippen molar-refractivity contribution in [3.63, 3.8) is 0 Å². The van der Waals surface area contributed by atoms with Gasteiger partial charge in [-0.3, -0.25) is 4.79 Å². The molecule has 0 bridgehead atoms. The third kappa shape index (κ3) is 3.86. The van der Waals surface area contributed by atoms with E-state index < -0.39 is 11.9 Å². The second kappa shape index (κ2) is 7.90.